The van der Waals surface area contributed by atoms with E-state index in [2.05, 4.69) is 10.0 Å². The van der Waals surface area contributed by atoms with Gasteiger partial charge in [0.05, 0.1) is 4.90 Å². The Morgan fingerprint density at radius 3 is 2.24 bits per heavy atom. The van der Waals surface area contributed by atoms with Gasteiger partial charge in [-0.05, 0) is 42.5 Å². The number of anilines is 2. The fourth-order valence-electron chi connectivity index (χ4n) is 1.67. The molecule has 0 heterocycles. The molecular weight excluding hydrogens is 312 g/mol. The van der Waals surface area contributed by atoms with Crippen molar-refractivity contribution in [2.45, 2.75) is 11.8 Å². The molecule has 1 amide bonds. The lowest BCUT2D eigenvalue weighted by Gasteiger charge is -2.09. The summed E-state index contributed by atoms with van der Waals surface area (Å²) in [4.78, 5) is 11.0. The minimum Gasteiger partial charge on any atom is -0.326 e. The average molecular weight is 325 g/mol. The van der Waals surface area contributed by atoms with Gasteiger partial charge in [-0.1, -0.05) is 17.7 Å². The fraction of sp³-hybridized carbons (Fsp3) is 0.0714. The second kappa shape index (κ2) is 6.15. The van der Waals surface area contributed by atoms with Crippen molar-refractivity contribution in [1.82, 2.24) is 0 Å². The largest absolute Gasteiger partial charge is 0.326 e. The van der Waals surface area contributed by atoms with Crippen molar-refractivity contribution in [3.8, 4) is 0 Å². The van der Waals surface area contributed by atoms with Gasteiger partial charge in [0.1, 0.15) is 0 Å². The Labute approximate surface area is 128 Å². The minimum absolute atomic E-state index is 0.0842. The SMILES string of the molecule is CC(=O)Nc1ccc(NS(=O)(=O)c2cccc(Cl)c2)cc1. The molecule has 0 fully saturated rings. The third-order valence-electron chi connectivity index (χ3n) is 2.56. The average Bonchev–Trinajstić information content (AvgIpc) is 2.40. The summed E-state index contributed by atoms with van der Waals surface area (Å²) in [5, 5.41) is 2.95. The Morgan fingerprint density at radius 2 is 1.67 bits per heavy atom. The Hall–Kier alpha value is -2.05. The van der Waals surface area contributed by atoms with E-state index in [9.17, 15) is 13.2 Å². The summed E-state index contributed by atoms with van der Waals surface area (Å²) in [5.74, 6) is -0.192. The van der Waals surface area contributed by atoms with Crippen molar-refractivity contribution in [2.24, 2.45) is 0 Å². The van der Waals surface area contributed by atoms with E-state index in [1.165, 1.54) is 19.1 Å². The molecule has 7 heteroatoms. The number of carbonyl (C=O) groups excluding carboxylic acids is 1. The second-order valence-corrected chi connectivity index (χ2v) is 6.44. The first-order valence-electron chi connectivity index (χ1n) is 6.03. The van der Waals surface area contributed by atoms with Crippen molar-refractivity contribution < 1.29 is 13.2 Å². The Bertz CT molecular complexity index is 758. The van der Waals surface area contributed by atoms with E-state index >= 15 is 0 Å². The molecule has 110 valence electrons. The van der Waals surface area contributed by atoms with Gasteiger partial charge in [-0.25, -0.2) is 8.42 Å². The van der Waals surface area contributed by atoms with Crippen molar-refractivity contribution >= 4 is 38.9 Å². The van der Waals surface area contributed by atoms with Gasteiger partial charge in [-0.2, -0.15) is 0 Å². The molecular formula is C14H13ClN2O3S. The zero-order chi connectivity index (χ0) is 15.5. The van der Waals surface area contributed by atoms with Gasteiger partial charge < -0.3 is 5.32 Å². The molecule has 2 aromatic rings. The zero-order valence-corrected chi connectivity index (χ0v) is 12.7. The first kappa shape index (κ1) is 15.3. The Balaban J connectivity index is 2.19. The van der Waals surface area contributed by atoms with Crippen LogP contribution < -0.4 is 10.0 Å². The fourth-order valence-corrected chi connectivity index (χ4v) is 3.03. The number of carbonyl (C=O) groups is 1. The van der Waals surface area contributed by atoms with Gasteiger partial charge >= 0.3 is 0 Å². The van der Waals surface area contributed by atoms with Crippen LogP contribution in [0.1, 0.15) is 6.92 Å². The van der Waals surface area contributed by atoms with Crippen molar-refractivity contribution in [3.63, 3.8) is 0 Å². The highest BCUT2D eigenvalue weighted by Crippen LogP contribution is 2.20. The second-order valence-electron chi connectivity index (χ2n) is 4.32. The van der Waals surface area contributed by atoms with Crippen molar-refractivity contribution in [1.29, 1.82) is 0 Å². The summed E-state index contributed by atoms with van der Waals surface area (Å²) >= 11 is 5.79. The van der Waals surface area contributed by atoms with E-state index < -0.39 is 10.0 Å². The van der Waals surface area contributed by atoms with Crippen LogP contribution in [0, 0.1) is 0 Å². The molecule has 0 aliphatic heterocycles. The lowest BCUT2D eigenvalue weighted by molar-refractivity contribution is -0.114. The van der Waals surface area contributed by atoms with E-state index in [1.54, 1.807) is 36.4 Å². The lowest BCUT2D eigenvalue weighted by Crippen LogP contribution is -2.13. The molecule has 2 N–H and O–H groups in total. The monoisotopic (exact) mass is 324 g/mol. The highest BCUT2D eigenvalue weighted by molar-refractivity contribution is 7.92. The van der Waals surface area contributed by atoms with E-state index in [4.69, 9.17) is 11.6 Å². The summed E-state index contributed by atoms with van der Waals surface area (Å²) in [5.41, 5.74) is 0.984. The quantitative estimate of drug-likeness (QED) is 0.907. The number of nitrogens with one attached hydrogen (secondary N) is 2. The third kappa shape index (κ3) is 4.21. The van der Waals surface area contributed by atoms with Crippen LogP contribution in [-0.2, 0) is 14.8 Å². The Morgan fingerprint density at radius 1 is 1.05 bits per heavy atom. The summed E-state index contributed by atoms with van der Waals surface area (Å²) in [7, 11) is -3.69. The molecule has 0 radical (unpaired) electrons. The van der Waals surface area contributed by atoms with Crippen LogP contribution in [0.2, 0.25) is 5.02 Å². The number of amides is 1. The molecule has 5 nitrogen and oxygen atoms in total. The van der Waals surface area contributed by atoms with E-state index in [0.29, 0.717) is 16.4 Å². The normalized spacial score (nSPS) is 11.0. The molecule has 0 unspecified atom stereocenters. The maximum atomic E-state index is 12.2. The highest BCUT2D eigenvalue weighted by Gasteiger charge is 2.14. The van der Waals surface area contributed by atoms with Gasteiger partial charge in [0.15, 0.2) is 0 Å². The van der Waals surface area contributed by atoms with Crippen LogP contribution in [0.25, 0.3) is 0 Å². The van der Waals surface area contributed by atoms with Crippen LogP contribution in [0.4, 0.5) is 11.4 Å². The standard InChI is InChI=1S/C14H13ClN2O3S/c1-10(18)16-12-5-7-13(8-6-12)17-21(19,20)14-4-2-3-11(15)9-14/h2-9,17H,1H3,(H,16,18). The lowest BCUT2D eigenvalue weighted by atomic mass is 10.3. The molecule has 0 aromatic heterocycles. The summed E-state index contributed by atoms with van der Waals surface area (Å²) in [6.07, 6.45) is 0. The predicted octanol–water partition coefficient (Wildman–Crippen LogP) is 3.10. The van der Waals surface area contributed by atoms with Crippen molar-refractivity contribution in [3.05, 3.63) is 53.6 Å². The number of hydrogen-bond acceptors (Lipinski definition) is 3. The molecule has 0 saturated heterocycles. The summed E-state index contributed by atoms with van der Waals surface area (Å²) in [6.45, 7) is 1.40. The highest BCUT2D eigenvalue weighted by atomic mass is 35.5. The van der Waals surface area contributed by atoms with Gasteiger partial charge in [0, 0.05) is 23.3 Å². The Kier molecular flexibility index (Phi) is 4.50. The van der Waals surface area contributed by atoms with E-state index in [1.807, 2.05) is 0 Å². The van der Waals surface area contributed by atoms with Crippen molar-refractivity contribution in [2.75, 3.05) is 10.0 Å². The first-order valence-corrected chi connectivity index (χ1v) is 7.89. The van der Waals surface area contributed by atoms with E-state index in [-0.39, 0.29) is 10.8 Å². The first-order chi connectivity index (χ1) is 9.87. The molecule has 0 spiro atoms. The maximum absolute atomic E-state index is 12.2. The summed E-state index contributed by atoms with van der Waals surface area (Å²) < 4.78 is 26.8. The third-order valence-corrected chi connectivity index (χ3v) is 4.18. The van der Waals surface area contributed by atoms with Crippen LogP contribution in [-0.4, -0.2) is 14.3 Å². The minimum atomic E-state index is -3.69. The molecule has 0 bridgehead atoms. The molecule has 0 aliphatic carbocycles. The van der Waals surface area contributed by atoms with Gasteiger partial charge in [-0.15, -0.1) is 0 Å². The molecule has 2 aromatic carbocycles. The number of benzene rings is 2. The summed E-state index contributed by atoms with van der Waals surface area (Å²) in [6, 6.07) is 12.3. The maximum Gasteiger partial charge on any atom is 0.261 e. The number of halogens is 1. The van der Waals surface area contributed by atoms with Crippen LogP contribution in [0.15, 0.2) is 53.4 Å². The molecule has 0 saturated carbocycles. The van der Waals surface area contributed by atoms with Crippen LogP contribution in [0.5, 0.6) is 0 Å². The molecule has 2 rings (SSSR count). The van der Waals surface area contributed by atoms with E-state index in [0.717, 1.165) is 0 Å². The molecule has 21 heavy (non-hydrogen) atoms. The zero-order valence-electron chi connectivity index (χ0n) is 11.1. The number of sulfonamides is 1. The number of hydrogen-bond donors (Lipinski definition) is 2. The van der Waals surface area contributed by atoms with Gasteiger partial charge in [0.2, 0.25) is 5.91 Å². The topological polar surface area (TPSA) is 75.3 Å². The van der Waals surface area contributed by atoms with Crippen LogP contribution >= 0.6 is 11.6 Å². The smallest absolute Gasteiger partial charge is 0.261 e. The molecule has 0 aliphatic rings. The van der Waals surface area contributed by atoms with Gasteiger partial charge in [0.25, 0.3) is 10.0 Å². The number of rotatable bonds is 4. The van der Waals surface area contributed by atoms with Crippen LogP contribution in [0.3, 0.4) is 0 Å². The van der Waals surface area contributed by atoms with Gasteiger partial charge in [-0.3, -0.25) is 9.52 Å². The molecule has 0 atom stereocenters. The predicted molar refractivity (Wildman–Crippen MR) is 83.0 cm³/mol.